The number of halogens is 3. The lowest BCUT2D eigenvalue weighted by Gasteiger charge is -2.22. The fourth-order valence-electron chi connectivity index (χ4n) is 1.95. The van der Waals surface area contributed by atoms with E-state index in [4.69, 9.17) is 5.11 Å². The molecule has 7 heteroatoms. The first-order chi connectivity index (χ1) is 9.40. The van der Waals surface area contributed by atoms with Crippen molar-refractivity contribution in [2.75, 3.05) is 19.7 Å². The van der Waals surface area contributed by atoms with E-state index in [2.05, 4.69) is 4.98 Å². The number of amides is 1. The van der Waals surface area contributed by atoms with Gasteiger partial charge in [0.15, 0.2) is 0 Å². The van der Waals surface area contributed by atoms with Crippen LogP contribution in [0.1, 0.15) is 10.5 Å². The summed E-state index contributed by atoms with van der Waals surface area (Å²) in [5, 5.41) is 9.54. The number of hydrogen-bond acceptors (Lipinski definition) is 2. The number of H-pyrrole nitrogens is 1. The van der Waals surface area contributed by atoms with E-state index in [1.165, 1.54) is 6.07 Å². The number of fused-ring (bicyclic) bond motifs is 1. The van der Waals surface area contributed by atoms with Crippen molar-refractivity contribution in [2.24, 2.45) is 0 Å². The molecular weight excluding hydrogens is 273 g/mol. The maximum absolute atomic E-state index is 12.4. The largest absolute Gasteiger partial charge is 0.406 e. The molecule has 0 atom stereocenters. The normalized spacial score (nSPS) is 11.8. The van der Waals surface area contributed by atoms with Gasteiger partial charge in [-0.2, -0.15) is 13.2 Å². The van der Waals surface area contributed by atoms with E-state index >= 15 is 0 Å². The third kappa shape index (κ3) is 3.30. The van der Waals surface area contributed by atoms with Gasteiger partial charge in [0, 0.05) is 17.4 Å². The molecule has 0 spiro atoms. The number of aromatic amines is 1. The molecule has 0 saturated heterocycles. The van der Waals surface area contributed by atoms with Crippen LogP contribution >= 0.6 is 0 Å². The van der Waals surface area contributed by atoms with Gasteiger partial charge in [0.2, 0.25) is 0 Å². The summed E-state index contributed by atoms with van der Waals surface area (Å²) in [6.07, 6.45) is -4.50. The van der Waals surface area contributed by atoms with Crippen LogP contribution in [0.3, 0.4) is 0 Å². The molecule has 0 bridgehead atoms. The van der Waals surface area contributed by atoms with Gasteiger partial charge in [-0.1, -0.05) is 18.2 Å². The van der Waals surface area contributed by atoms with Crippen molar-refractivity contribution in [3.05, 3.63) is 36.0 Å². The Morgan fingerprint density at radius 1 is 1.30 bits per heavy atom. The molecule has 1 amide bonds. The van der Waals surface area contributed by atoms with Crippen molar-refractivity contribution >= 4 is 16.8 Å². The lowest BCUT2D eigenvalue weighted by atomic mass is 10.2. The fourth-order valence-corrected chi connectivity index (χ4v) is 1.95. The molecule has 0 aliphatic carbocycles. The van der Waals surface area contributed by atoms with Crippen LogP contribution in [-0.4, -0.2) is 46.8 Å². The van der Waals surface area contributed by atoms with Crippen molar-refractivity contribution in [3.8, 4) is 0 Å². The Balaban J connectivity index is 2.26. The summed E-state index contributed by atoms with van der Waals surface area (Å²) in [6.45, 7) is -2.28. The summed E-state index contributed by atoms with van der Waals surface area (Å²) in [6, 6.07) is 8.51. The minimum Gasteiger partial charge on any atom is -0.395 e. The zero-order chi connectivity index (χ0) is 14.8. The topological polar surface area (TPSA) is 56.3 Å². The number of alkyl halides is 3. The minimum atomic E-state index is -4.50. The van der Waals surface area contributed by atoms with E-state index in [1.807, 2.05) is 0 Å². The second kappa shape index (κ2) is 5.54. The van der Waals surface area contributed by atoms with Crippen molar-refractivity contribution in [1.29, 1.82) is 0 Å². The SMILES string of the molecule is O=C(c1cc2ccccc2[nH]1)N(CCO)CC(F)(F)F. The van der Waals surface area contributed by atoms with E-state index < -0.39 is 25.2 Å². The molecule has 0 radical (unpaired) electrons. The van der Waals surface area contributed by atoms with Crippen LogP contribution in [0.15, 0.2) is 30.3 Å². The summed E-state index contributed by atoms with van der Waals surface area (Å²) in [7, 11) is 0. The Labute approximate surface area is 112 Å². The highest BCUT2D eigenvalue weighted by Crippen LogP contribution is 2.20. The van der Waals surface area contributed by atoms with Crippen LogP contribution in [0.5, 0.6) is 0 Å². The molecule has 0 aliphatic rings. The quantitative estimate of drug-likeness (QED) is 0.905. The van der Waals surface area contributed by atoms with Crippen molar-refractivity contribution < 1.29 is 23.1 Å². The van der Waals surface area contributed by atoms with E-state index in [0.29, 0.717) is 10.4 Å². The molecule has 4 nitrogen and oxygen atoms in total. The van der Waals surface area contributed by atoms with E-state index in [-0.39, 0.29) is 12.2 Å². The second-order valence-corrected chi connectivity index (χ2v) is 4.34. The average molecular weight is 286 g/mol. The Kier molecular flexibility index (Phi) is 3.99. The zero-order valence-electron chi connectivity index (χ0n) is 10.4. The van der Waals surface area contributed by atoms with Crippen LogP contribution in [-0.2, 0) is 0 Å². The Morgan fingerprint density at radius 2 is 2.00 bits per heavy atom. The second-order valence-electron chi connectivity index (χ2n) is 4.34. The first-order valence-corrected chi connectivity index (χ1v) is 5.95. The summed E-state index contributed by atoms with van der Waals surface area (Å²) >= 11 is 0. The summed E-state index contributed by atoms with van der Waals surface area (Å²) in [5.74, 6) is -0.785. The number of benzene rings is 1. The van der Waals surface area contributed by atoms with Gasteiger partial charge in [-0.05, 0) is 12.1 Å². The standard InChI is InChI=1S/C13H13F3N2O2/c14-13(15,16)8-18(5-6-19)12(20)11-7-9-3-1-2-4-10(9)17-11/h1-4,7,17,19H,5-6,8H2. The first kappa shape index (κ1) is 14.4. The summed E-state index contributed by atoms with van der Waals surface area (Å²) < 4.78 is 37.3. The number of carbonyl (C=O) groups is 1. The highest BCUT2D eigenvalue weighted by Gasteiger charge is 2.33. The molecule has 0 aliphatic heterocycles. The van der Waals surface area contributed by atoms with Gasteiger partial charge in [-0.3, -0.25) is 4.79 Å². The number of aromatic nitrogens is 1. The lowest BCUT2D eigenvalue weighted by Crippen LogP contribution is -2.40. The highest BCUT2D eigenvalue weighted by atomic mass is 19.4. The Morgan fingerprint density at radius 3 is 2.60 bits per heavy atom. The molecular formula is C13H13F3N2O2. The number of aliphatic hydroxyl groups excluding tert-OH is 1. The molecule has 0 saturated carbocycles. The first-order valence-electron chi connectivity index (χ1n) is 5.95. The van der Waals surface area contributed by atoms with Crippen molar-refractivity contribution in [3.63, 3.8) is 0 Å². The van der Waals surface area contributed by atoms with Gasteiger partial charge in [-0.15, -0.1) is 0 Å². The minimum absolute atomic E-state index is 0.0731. The van der Waals surface area contributed by atoms with Gasteiger partial charge < -0.3 is 15.0 Å². The summed E-state index contributed by atoms with van der Waals surface area (Å²) in [4.78, 5) is 15.4. The molecule has 108 valence electrons. The van der Waals surface area contributed by atoms with E-state index in [1.54, 1.807) is 24.3 Å². The average Bonchev–Trinajstić information content (AvgIpc) is 2.79. The number of aliphatic hydroxyl groups is 1. The van der Waals surface area contributed by atoms with Gasteiger partial charge >= 0.3 is 6.18 Å². The van der Waals surface area contributed by atoms with Gasteiger partial charge in [0.05, 0.1) is 6.61 Å². The van der Waals surface area contributed by atoms with Crippen LogP contribution < -0.4 is 0 Å². The van der Waals surface area contributed by atoms with Gasteiger partial charge in [0.1, 0.15) is 12.2 Å². The predicted molar refractivity (Wildman–Crippen MR) is 67.3 cm³/mol. The maximum Gasteiger partial charge on any atom is 0.406 e. The van der Waals surface area contributed by atoms with Crippen LogP contribution in [0.2, 0.25) is 0 Å². The van der Waals surface area contributed by atoms with E-state index in [0.717, 1.165) is 5.39 Å². The molecule has 1 heterocycles. The molecule has 0 fully saturated rings. The Hall–Kier alpha value is -2.02. The van der Waals surface area contributed by atoms with Crippen molar-refractivity contribution in [2.45, 2.75) is 6.18 Å². The number of nitrogens with zero attached hydrogens (tertiary/aromatic N) is 1. The lowest BCUT2D eigenvalue weighted by molar-refractivity contribution is -0.141. The monoisotopic (exact) mass is 286 g/mol. The summed E-state index contributed by atoms with van der Waals surface area (Å²) in [5.41, 5.74) is 0.746. The molecule has 20 heavy (non-hydrogen) atoms. The maximum atomic E-state index is 12.4. The smallest absolute Gasteiger partial charge is 0.395 e. The zero-order valence-corrected chi connectivity index (χ0v) is 10.4. The van der Waals surface area contributed by atoms with E-state index in [9.17, 15) is 18.0 Å². The van der Waals surface area contributed by atoms with Crippen LogP contribution in [0, 0.1) is 0 Å². The third-order valence-corrected chi connectivity index (χ3v) is 2.79. The number of rotatable bonds is 4. The van der Waals surface area contributed by atoms with Crippen molar-refractivity contribution in [1.82, 2.24) is 9.88 Å². The molecule has 2 N–H and O–H groups in total. The third-order valence-electron chi connectivity index (χ3n) is 2.79. The number of hydrogen-bond donors (Lipinski definition) is 2. The number of nitrogens with one attached hydrogen (secondary N) is 1. The van der Waals surface area contributed by atoms with Gasteiger partial charge in [0.25, 0.3) is 5.91 Å². The predicted octanol–water partition coefficient (Wildman–Crippen LogP) is 2.16. The molecule has 2 aromatic rings. The number of carbonyl (C=O) groups excluding carboxylic acids is 1. The molecule has 1 aromatic carbocycles. The molecule has 2 rings (SSSR count). The Bertz CT molecular complexity index is 574. The molecule has 0 unspecified atom stereocenters. The van der Waals surface area contributed by atoms with Gasteiger partial charge in [-0.25, -0.2) is 0 Å². The highest BCUT2D eigenvalue weighted by molar-refractivity contribution is 5.98. The molecule has 1 aromatic heterocycles. The van der Waals surface area contributed by atoms with Crippen LogP contribution in [0.4, 0.5) is 13.2 Å². The fraction of sp³-hybridized carbons (Fsp3) is 0.308. The number of para-hydroxylation sites is 1. The van der Waals surface area contributed by atoms with Crippen LogP contribution in [0.25, 0.3) is 10.9 Å².